The van der Waals surface area contributed by atoms with Crippen LogP contribution < -0.4 is 5.32 Å². The number of nitrogens with one attached hydrogen (secondary N) is 1. The molecule has 8 atom stereocenters. The molecule has 0 bridgehead atoms. The molecule has 174 valence electrons. The first-order valence-corrected chi connectivity index (χ1v) is 13.3. The quantitative estimate of drug-likeness (QED) is 0.671. The minimum atomic E-state index is -0.683. The van der Waals surface area contributed by atoms with E-state index in [0.29, 0.717) is 19.6 Å². The third kappa shape index (κ3) is 3.55. The van der Waals surface area contributed by atoms with E-state index in [1.165, 1.54) is 51.4 Å². The molecule has 0 aromatic heterocycles. The molecule has 0 aromatic carbocycles. The van der Waals surface area contributed by atoms with E-state index in [2.05, 4.69) is 5.32 Å². The standard InChI is InChI=1S/C27H38N2O3/c30-25-12-13-28-26(25)27(31)29(20-4-2-14-32-16-20)19-8-11-22-18(15-19)7-10-23-21-5-1-3-17(21)6-9-24(22)23/h2,4,16-19,21-24,26,28H,1,3,5-15H2. The van der Waals surface area contributed by atoms with Crippen molar-refractivity contribution in [3.8, 4) is 0 Å². The summed E-state index contributed by atoms with van der Waals surface area (Å²) < 4.78 is 5.56. The summed E-state index contributed by atoms with van der Waals surface area (Å²) in [5, 5.41) is 3.15. The molecule has 4 saturated carbocycles. The molecule has 1 saturated heterocycles. The fourth-order valence-electron chi connectivity index (χ4n) is 8.70. The molecule has 0 aromatic rings. The molecule has 1 N–H and O–H groups in total. The van der Waals surface area contributed by atoms with Gasteiger partial charge in [0.25, 0.3) is 5.91 Å². The minimum absolute atomic E-state index is 0.0313. The van der Waals surface area contributed by atoms with Crippen LogP contribution in [0.25, 0.3) is 0 Å². The maximum absolute atomic E-state index is 13.6. The van der Waals surface area contributed by atoms with Crippen LogP contribution in [0.4, 0.5) is 0 Å². The van der Waals surface area contributed by atoms with Crippen molar-refractivity contribution < 1.29 is 14.3 Å². The van der Waals surface area contributed by atoms with Crippen molar-refractivity contribution in [2.24, 2.45) is 35.5 Å². The molecule has 0 spiro atoms. The van der Waals surface area contributed by atoms with Crippen LogP contribution in [0.3, 0.4) is 0 Å². The highest BCUT2D eigenvalue weighted by Gasteiger charge is 2.50. The van der Waals surface area contributed by atoms with Crippen LogP contribution in [0.1, 0.15) is 70.6 Å². The van der Waals surface area contributed by atoms with Gasteiger partial charge in [-0.05, 0) is 99.0 Å². The van der Waals surface area contributed by atoms with E-state index in [0.717, 1.165) is 54.0 Å². The van der Waals surface area contributed by atoms with Gasteiger partial charge in [0.05, 0.1) is 5.70 Å². The lowest BCUT2D eigenvalue weighted by molar-refractivity contribution is -0.138. The van der Waals surface area contributed by atoms with Gasteiger partial charge in [0.2, 0.25) is 0 Å². The summed E-state index contributed by atoms with van der Waals surface area (Å²) >= 11 is 0. The molecule has 2 aliphatic heterocycles. The number of amides is 1. The Morgan fingerprint density at radius 3 is 2.47 bits per heavy atom. The van der Waals surface area contributed by atoms with Gasteiger partial charge in [-0.1, -0.05) is 12.8 Å². The van der Waals surface area contributed by atoms with Crippen molar-refractivity contribution in [3.05, 3.63) is 24.1 Å². The number of fused-ring (bicyclic) bond motifs is 5. The lowest BCUT2D eigenvalue weighted by Crippen LogP contribution is -2.53. The molecular weight excluding hydrogens is 400 g/mol. The van der Waals surface area contributed by atoms with Gasteiger partial charge in [-0.25, -0.2) is 0 Å². The molecule has 8 unspecified atom stereocenters. The van der Waals surface area contributed by atoms with E-state index in [-0.39, 0.29) is 17.7 Å². The van der Waals surface area contributed by atoms with Gasteiger partial charge in [-0.15, -0.1) is 0 Å². The van der Waals surface area contributed by atoms with E-state index < -0.39 is 6.04 Å². The van der Waals surface area contributed by atoms with Crippen LogP contribution in [-0.4, -0.2) is 41.8 Å². The second-order valence-corrected chi connectivity index (χ2v) is 11.3. The zero-order valence-electron chi connectivity index (χ0n) is 19.2. The van der Waals surface area contributed by atoms with Crippen molar-refractivity contribution in [1.82, 2.24) is 10.2 Å². The van der Waals surface area contributed by atoms with Gasteiger partial charge in [-0.2, -0.15) is 0 Å². The Hall–Kier alpha value is -1.62. The number of Topliss-reactive ketones (excluding diaryl/α,β-unsaturated/α-hetero) is 1. The number of ketones is 1. The lowest BCUT2D eigenvalue weighted by atomic mass is 9.53. The van der Waals surface area contributed by atoms with Crippen molar-refractivity contribution in [3.63, 3.8) is 0 Å². The van der Waals surface area contributed by atoms with E-state index in [1.807, 2.05) is 17.1 Å². The number of ether oxygens (including phenoxy) is 1. The lowest BCUT2D eigenvalue weighted by Gasteiger charge is -2.53. The normalized spacial score (nSPS) is 43.0. The first kappa shape index (κ1) is 20.9. The van der Waals surface area contributed by atoms with Gasteiger partial charge in [0, 0.05) is 19.0 Å². The fourth-order valence-corrected chi connectivity index (χ4v) is 8.70. The molecule has 32 heavy (non-hydrogen) atoms. The Balaban J connectivity index is 1.21. The highest BCUT2D eigenvalue weighted by molar-refractivity contribution is 6.07. The van der Waals surface area contributed by atoms with E-state index in [9.17, 15) is 9.59 Å². The Kier molecular flexibility index (Phi) is 5.65. The zero-order chi connectivity index (χ0) is 21.7. The zero-order valence-corrected chi connectivity index (χ0v) is 19.2. The van der Waals surface area contributed by atoms with Gasteiger partial charge in [0.1, 0.15) is 18.9 Å². The maximum atomic E-state index is 13.6. The Bertz CT molecular complexity index is 820. The summed E-state index contributed by atoms with van der Waals surface area (Å²) in [6.45, 7) is 1.15. The second-order valence-electron chi connectivity index (χ2n) is 11.3. The Morgan fingerprint density at radius 1 is 0.938 bits per heavy atom. The predicted molar refractivity (Wildman–Crippen MR) is 122 cm³/mol. The third-order valence-electron chi connectivity index (χ3n) is 9.98. The number of carbonyl (C=O) groups excluding carboxylic acids is 2. The second kappa shape index (κ2) is 8.62. The molecule has 4 aliphatic carbocycles. The van der Waals surface area contributed by atoms with Crippen LogP contribution >= 0.6 is 0 Å². The van der Waals surface area contributed by atoms with E-state index in [1.54, 1.807) is 6.26 Å². The summed E-state index contributed by atoms with van der Waals surface area (Å²) in [5.41, 5.74) is 0.825. The summed E-state index contributed by atoms with van der Waals surface area (Å²) in [4.78, 5) is 27.9. The van der Waals surface area contributed by atoms with Gasteiger partial charge < -0.3 is 9.64 Å². The van der Waals surface area contributed by atoms with Gasteiger partial charge in [0.15, 0.2) is 5.78 Å². The monoisotopic (exact) mass is 438 g/mol. The van der Waals surface area contributed by atoms with Crippen molar-refractivity contribution in [2.75, 3.05) is 13.2 Å². The largest absolute Gasteiger partial charge is 0.495 e. The summed E-state index contributed by atoms with van der Waals surface area (Å²) in [6, 6.07) is -0.506. The molecule has 6 rings (SSSR count). The average Bonchev–Trinajstić information content (AvgIpc) is 3.48. The molecule has 5 heteroatoms. The van der Waals surface area contributed by atoms with Crippen LogP contribution in [-0.2, 0) is 14.3 Å². The first-order valence-electron chi connectivity index (χ1n) is 13.3. The summed E-state index contributed by atoms with van der Waals surface area (Å²) in [6.07, 6.45) is 19.6. The molecule has 5 nitrogen and oxygen atoms in total. The topological polar surface area (TPSA) is 58.6 Å². The fraction of sp³-hybridized carbons (Fsp3) is 0.778. The minimum Gasteiger partial charge on any atom is -0.495 e. The molecular formula is C27H38N2O3. The van der Waals surface area contributed by atoms with Crippen molar-refractivity contribution >= 4 is 11.7 Å². The highest BCUT2D eigenvalue weighted by Crippen LogP contribution is 2.58. The SMILES string of the molecule is O=C1CCNC1C(=O)N(C1=COCC=C1)C1CCC2C(CCC3C4CCCC4CCC23)C1. The van der Waals surface area contributed by atoms with Crippen molar-refractivity contribution in [2.45, 2.75) is 82.7 Å². The number of rotatable bonds is 3. The number of allylic oxidation sites excluding steroid dienone is 1. The molecule has 0 radical (unpaired) electrons. The number of nitrogens with zero attached hydrogens (tertiary/aromatic N) is 1. The maximum Gasteiger partial charge on any atom is 0.252 e. The Morgan fingerprint density at radius 2 is 1.72 bits per heavy atom. The average molecular weight is 439 g/mol. The summed E-state index contributed by atoms with van der Waals surface area (Å²) in [7, 11) is 0. The summed E-state index contributed by atoms with van der Waals surface area (Å²) in [5.74, 6) is 5.48. The number of hydrogen-bond acceptors (Lipinski definition) is 4. The van der Waals surface area contributed by atoms with Crippen molar-refractivity contribution in [1.29, 1.82) is 0 Å². The van der Waals surface area contributed by atoms with E-state index >= 15 is 0 Å². The van der Waals surface area contributed by atoms with Gasteiger partial charge in [-0.3, -0.25) is 14.9 Å². The van der Waals surface area contributed by atoms with Crippen LogP contribution in [0.2, 0.25) is 0 Å². The number of carbonyl (C=O) groups is 2. The molecule has 1 amide bonds. The predicted octanol–water partition coefficient (Wildman–Crippen LogP) is 4.20. The first-order chi connectivity index (χ1) is 15.7. The molecule has 2 heterocycles. The number of hydrogen-bond donors (Lipinski definition) is 1. The highest BCUT2D eigenvalue weighted by atomic mass is 16.5. The van der Waals surface area contributed by atoms with E-state index in [4.69, 9.17) is 4.74 Å². The molecule has 5 fully saturated rings. The van der Waals surface area contributed by atoms with Crippen LogP contribution in [0.5, 0.6) is 0 Å². The van der Waals surface area contributed by atoms with Crippen LogP contribution in [0, 0.1) is 35.5 Å². The van der Waals surface area contributed by atoms with Gasteiger partial charge >= 0.3 is 0 Å². The molecule has 6 aliphatic rings. The van der Waals surface area contributed by atoms with Crippen LogP contribution in [0.15, 0.2) is 24.1 Å². The Labute approximate surface area is 192 Å². The third-order valence-corrected chi connectivity index (χ3v) is 9.98. The smallest absolute Gasteiger partial charge is 0.252 e.